The number of thioether (sulfide) groups is 1. The van der Waals surface area contributed by atoms with Crippen LogP contribution in [-0.4, -0.2) is 58.4 Å². The number of ether oxygens (including phenoxy) is 1. The lowest BCUT2D eigenvalue weighted by molar-refractivity contribution is -0.141. The number of amides is 1. The smallest absolute Gasteiger partial charge is 0.378 e. The van der Waals surface area contributed by atoms with Crippen molar-refractivity contribution in [3.8, 4) is 0 Å². The molecule has 1 aromatic rings. The van der Waals surface area contributed by atoms with E-state index in [1.807, 2.05) is 0 Å². The molecule has 1 amide bonds. The molecule has 0 saturated carbocycles. The molecule has 1 unspecified atom stereocenters. The Bertz CT molecular complexity index is 530. The highest BCUT2D eigenvalue weighted by molar-refractivity contribution is 8.00. The highest BCUT2D eigenvalue weighted by Gasteiger charge is 2.33. The molecule has 1 aromatic heterocycles. The van der Waals surface area contributed by atoms with Gasteiger partial charge in [-0.1, -0.05) is 11.8 Å². The molecule has 0 aliphatic carbocycles. The summed E-state index contributed by atoms with van der Waals surface area (Å²) in [7, 11) is 0. The first-order valence-corrected chi connectivity index (χ1v) is 7.44. The van der Waals surface area contributed by atoms with Crippen molar-refractivity contribution in [1.29, 1.82) is 0 Å². The van der Waals surface area contributed by atoms with Gasteiger partial charge in [-0.3, -0.25) is 9.36 Å². The number of nitrogens with two attached hydrogens (primary N) is 1. The molecule has 2 rings (SSSR count). The van der Waals surface area contributed by atoms with E-state index < -0.39 is 23.9 Å². The second-order valence-electron chi connectivity index (χ2n) is 4.75. The maximum atomic E-state index is 12.8. The van der Waals surface area contributed by atoms with Crippen LogP contribution in [0.3, 0.4) is 0 Å². The molecular formula is C11H16F3N5O2S. The van der Waals surface area contributed by atoms with E-state index in [-0.39, 0.29) is 11.1 Å². The number of hydrogen-bond donors (Lipinski definition) is 1. The third-order valence-electron chi connectivity index (χ3n) is 3.01. The summed E-state index contributed by atoms with van der Waals surface area (Å²) < 4.78 is 44.6. The second kappa shape index (κ2) is 6.73. The predicted molar refractivity (Wildman–Crippen MR) is 73.6 cm³/mol. The molecule has 0 radical (unpaired) electrons. The van der Waals surface area contributed by atoms with Crippen LogP contribution < -0.4 is 10.6 Å². The zero-order chi connectivity index (χ0) is 16.3. The largest absolute Gasteiger partial charge is 0.406 e. The summed E-state index contributed by atoms with van der Waals surface area (Å²) in [6.07, 6.45) is -4.42. The van der Waals surface area contributed by atoms with Crippen LogP contribution in [0.4, 0.5) is 19.1 Å². The maximum absolute atomic E-state index is 12.8. The Labute approximate surface area is 129 Å². The molecule has 7 nitrogen and oxygen atoms in total. The Morgan fingerprint density at radius 3 is 2.59 bits per heavy atom. The Morgan fingerprint density at radius 1 is 1.41 bits per heavy atom. The zero-order valence-electron chi connectivity index (χ0n) is 11.8. The van der Waals surface area contributed by atoms with Crippen molar-refractivity contribution in [3.05, 3.63) is 0 Å². The van der Waals surface area contributed by atoms with Crippen LogP contribution in [0.15, 0.2) is 5.16 Å². The van der Waals surface area contributed by atoms with Crippen LogP contribution in [0.2, 0.25) is 0 Å². The molecule has 1 fully saturated rings. The van der Waals surface area contributed by atoms with Crippen LogP contribution in [0.1, 0.15) is 6.92 Å². The zero-order valence-corrected chi connectivity index (χ0v) is 12.7. The monoisotopic (exact) mass is 339 g/mol. The number of hydrogen-bond acceptors (Lipinski definition) is 6. The lowest BCUT2D eigenvalue weighted by atomic mass is 10.4. The number of anilines is 1. The van der Waals surface area contributed by atoms with Crippen molar-refractivity contribution in [2.45, 2.75) is 30.1 Å². The van der Waals surface area contributed by atoms with Crippen molar-refractivity contribution in [3.63, 3.8) is 0 Å². The van der Waals surface area contributed by atoms with E-state index in [2.05, 4.69) is 10.2 Å². The van der Waals surface area contributed by atoms with Crippen LogP contribution in [-0.2, 0) is 16.1 Å². The minimum atomic E-state index is -4.42. The minimum absolute atomic E-state index is 0.0186. The van der Waals surface area contributed by atoms with Gasteiger partial charge in [0.05, 0.1) is 18.5 Å². The van der Waals surface area contributed by atoms with E-state index in [1.54, 1.807) is 4.90 Å². The SMILES string of the molecule is CC(Sc1nnc(N2CCOCC2)n1CC(F)(F)F)C(N)=O. The Kier molecular flexibility index (Phi) is 5.16. The maximum Gasteiger partial charge on any atom is 0.406 e. The number of nitrogens with zero attached hydrogens (tertiary/aromatic N) is 4. The van der Waals surface area contributed by atoms with E-state index >= 15 is 0 Å². The standard InChI is InChI=1S/C11H16F3N5O2S/c1-7(8(15)20)22-10-17-16-9(18-2-4-21-5-3-18)19(10)6-11(12,13)14/h7H,2-6H2,1H3,(H2,15,20). The number of aromatic nitrogens is 3. The highest BCUT2D eigenvalue weighted by atomic mass is 32.2. The summed E-state index contributed by atoms with van der Waals surface area (Å²) in [5.74, 6) is -0.501. The Morgan fingerprint density at radius 2 is 2.05 bits per heavy atom. The van der Waals surface area contributed by atoms with Crippen molar-refractivity contribution >= 4 is 23.6 Å². The van der Waals surface area contributed by atoms with Gasteiger partial charge in [0.25, 0.3) is 0 Å². The lowest BCUT2D eigenvalue weighted by Crippen LogP contribution is -2.38. The van der Waals surface area contributed by atoms with Crippen molar-refractivity contribution < 1.29 is 22.7 Å². The van der Waals surface area contributed by atoms with E-state index in [9.17, 15) is 18.0 Å². The number of carbonyl (C=O) groups is 1. The summed E-state index contributed by atoms with van der Waals surface area (Å²) in [4.78, 5) is 12.8. The van der Waals surface area contributed by atoms with E-state index in [0.717, 1.165) is 16.3 Å². The van der Waals surface area contributed by atoms with Gasteiger partial charge in [-0.25, -0.2) is 0 Å². The summed E-state index contributed by atoms with van der Waals surface area (Å²) in [5.41, 5.74) is 5.14. The molecule has 1 atom stereocenters. The van der Waals surface area contributed by atoms with E-state index in [0.29, 0.717) is 26.3 Å². The van der Waals surface area contributed by atoms with Gasteiger partial charge in [-0.05, 0) is 6.92 Å². The molecule has 22 heavy (non-hydrogen) atoms. The second-order valence-corrected chi connectivity index (χ2v) is 6.05. The van der Waals surface area contributed by atoms with Gasteiger partial charge in [0.15, 0.2) is 5.16 Å². The minimum Gasteiger partial charge on any atom is -0.378 e. The van der Waals surface area contributed by atoms with Gasteiger partial charge in [0.1, 0.15) is 6.54 Å². The van der Waals surface area contributed by atoms with Gasteiger partial charge in [-0.2, -0.15) is 13.2 Å². The van der Waals surface area contributed by atoms with Crippen molar-refractivity contribution in [2.24, 2.45) is 5.73 Å². The van der Waals surface area contributed by atoms with Gasteiger partial charge < -0.3 is 15.4 Å². The molecule has 1 saturated heterocycles. The van der Waals surface area contributed by atoms with Gasteiger partial charge in [0.2, 0.25) is 11.9 Å². The third kappa shape index (κ3) is 4.26. The summed E-state index contributed by atoms with van der Waals surface area (Å²) in [6, 6.07) is 0. The number of halogens is 3. The van der Waals surface area contributed by atoms with Crippen molar-refractivity contribution in [1.82, 2.24) is 14.8 Å². The molecular weight excluding hydrogens is 323 g/mol. The van der Waals surface area contributed by atoms with Crippen LogP contribution in [0.5, 0.6) is 0 Å². The third-order valence-corrected chi connectivity index (χ3v) is 4.11. The van der Waals surface area contributed by atoms with Crippen LogP contribution >= 0.6 is 11.8 Å². The molecule has 1 aliphatic heterocycles. The van der Waals surface area contributed by atoms with Crippen LogP contribution in [0.25, 0.3) is 0 Å². The average Bonchev–Trinajstić information content (AvgIpc) is 2.80. The normalized spacial score (nSPS) is 17.5. The lowest BCUT2D eigenvalue weighted by Gasteiger charge is -2.28. The van der Waals surface area contributed by atoms with E-state index in [4.69, 9.17) is 10.5 Å². The molecule has 11 heteroatoms. The van der Waals surface area contributed by atoms with Gasteiger partial charge in [0, 0.05) is 13.1 Å². The first kappa shape index (κ1) is 16.9. The molecule has 0 bridgehead atoms. The first-order chi connectivity index (χ1) is 10.3. The molecule has 2 N–H and O–H groups in total. The number of morpholine rings is 1. The van der Waals surface area contributed by atoms with Crippen molar-refractivity contribution in [2.75, 3.05) is 31.2 Å². The fourth-order valence-corrected chi connectivity index (χ4v) is 2.69. The average molecular weight is 339 g/mol. The number of primary amides is 1. The summed E-state index contributed by atoms with van der Waals surface area (Å²) in [5, 5.41) is 6.95. The fourth-order valence-electron chi connectivity index (χ4n) is 1.90. The Hall–Kier alpha value is -1.49. The summed E-state index contributed by atoms with van der Waals surface area (Å²) >= 11 is 0.861. The number of carbonyl (C=O) groups excluding carboxylic acids is 1. The first-order valence-electron chi connectivity index (χ1n) is 6.56. The van der Waals surface area contributed by atoms with Crippen LogP contribution in [0, 0.1) is 0 Å². The molecule has 0 spiro atoms. The topological polar surface area (TPSA) is 86.3 Å². The number of rotatable bonds is 5. The molecule has 124 valence electrons. The predicted octanol–water partition coefficient (Wildman–Crippen LogP) is 0.643. The number of alkyl halides is 3. The fraction of sp³-hybridized carbons (Fsp3) is 0.727. The molecule has 2 heterocycles. The Balaban J connectivity index is 2.28. The summed E-state index contributed by atoms with van der Waals surface area (Å²) in [6.45, 7) is 1.99. The molecule has 0 aromatic carbocycles. The van der Waals surface area contributed by atoms with Gasteiger partial charge >= 0.3 is 6.18 Å². The van der Waals surface area contributed by atoms with E-state index in [1.165, 1.54) is 6.92 Å². The quantitative estimate of drug-likeness (QED) is 0.793. The van der Waals surface area contributed by atoms with Gasteiger partial charge in [-0.15, -0.1) is 10.2 Å². The highest BCUT2D eigenvalue weighted by Crippen LogP contribution is 2.29. The molecule has 1 aliphatic rings.